The predicted octanol–water partition coefficient (Wildman–Crippen LogP) is 5.06. The fourth-order valence-electron chi connectivity index (χ4n) is 3.51. The number of carbonyl (C=O) groups excluding carboxylic acids is 1. The lowest BCUT2D eigenvalue weighted by molar-refractivity contribution is -0.124. The Morgan fingerprint density at radius 3 is 2.21 bits per heavy atom. The van der Waals surface area contributed by atoms with E-state index in [2.05, 4.69) is 26.1 Å². The molecular weight excluding hydrogens is 322 g/mol. The largest absolute Gasteiger partial charge is 0.484 e. The minimum absolute atomic E-state index is 0.0422. The molecule has 1 aliphatic carbocycles. The Labute approximate surface area is 151 Å². The Morgan fingerprint density at radius 2 is 1.71 bits per heavy atom. The maximum absolute atomic E-state index is 12.1. The number of hydrogen-bond acceptors (Lipinski definition) is 2. The molecule has 0 radical (unpaired) electrons. The molecule has 0 bridgehead atoms. The Bertz CT molecular complexity index is 561. The third-order valence-electron chi connectivity index (χ3n) is 5.10. The summed E-state index contributed by atoms with van der Waals surface area (Å²) < 4.78 is 5.63. The van der Waals surface area contributed by atoms with Gasteiger partial charge in [-0.05, 0) is 74.1 Å². The summed E-state index contributed by atoms with van der Waals surface area (Å²) in [5.74, 6) is 1.40. The summed E-state index contributed by atoms with van der Waals surface area (Å²) in [6.07, 6.45) is 4.50. The van der Waals surface area contributed by atoms with Gasteiger partial charge in [0, 0.05) is 11.1 Å². The smallest absolute Gasteiger partial charge is 0.258 e. The van der Waals surface area contributed by atoms with Crippen LogP contribution in [0.3, 0.4) is 0 Å². The average molecular weight is 352 g/mol. The van der Waals surface area contributed by atoms with Crippen molar-refractivity contribution in [3.05, 3.63) is 28.3 Å². The Hall–Kier alpha value is -1.22. The van der Waals surface area contributed by atoms with Crippen molar-refractivity contribution >= 4 is 17.5 Å². The highest BCUT2D eigenvalue weighted by Gasteiger charge is 2.30. The van der Waals surface area contributed by atoms with E-state index in [9.17, 15) is 4.79 Å². The molecule has 0 aromatic heterocycles. The van der Waals surface area contributed by atoms with Crippen LogP contribution in [-0.4, -0.2) is 18.6 Å². The molecule has 0 heterocycles. The molecule has 134 valence electrons. The molecule has 1 amide bonds. The average Bonchev–Trinajstić information content (AvgIpc) is 2.50. The minimum Gasteiger partial charge on any atom is -0.484 e. The summed E-state index contributed by atoms with van der Waals surface area (Å²) in [6.45, 7) is 10.9. The van der Waals surface area contributed by atoms with Crippen LogP contribution < -0.4 is 10.1 Å². The molecule has 1 fully saturated rings. The van der Waals surface area contributed by atoms with Gasteiger partial charge in [0.2, 0.25) is 0 Å². The van der Waals surface area contributed by atoms with Crippen LogP contribution in [0.1, 0.15) is 57.6 Å². The van der Waals surface area contributed by atoms with Gasteiger partial charge in [0.05, 0.1) is 0 Å². The van der Waals surface area contributed by atoms with Crippen molar-refractivity contribution in [2.24, 2.45) is 11.3 Å². The van der Waals surface area contributed by atoms with Gasteiger partial charge in [-0.25, -0.2) is 0 Å². The van der Waals surface area contributed by atoms with Gasteiger partial charge in [0.25, 0.3) is 5.91 Å². The topological polar surface area (TPSA) is 38.3 Å². The number of nitrogens with one attached hydrogen (secondary N) is 1. The van der Waals surface area contributed by atoms with E-state index in [-0.39, 0.29) is 18.6 Å². The monoisotopic (exact) mass is 351 g/mol. The number of aryl methyl sites for hydroxylation is 2. The number of amides is 1. The van der Waals surface area contributed by atoms with Gasteiger partial charge in [-0.3, -0.25) is 4.79 Å². The molecule has 1 aromatic carbocycles. The Morgan fingerprint density at radius 1 is 1.17 bits per heavy atom. The molecule has 0 aliphatic heterocycles. The van der Waals surface area contributed by atoms with Gasteiger partial charge in [-0.15, -0.1) is 0 Å². The molecule has 1 N–H and O–H groups in total. The van der Waals surface area contributed by atoms with Gasteiger partial charge in [-0.2, -0.15) is 0 Å². The van der Waals surface area contributed by atoms with E-state index in [1.54, 1.807) is 0 Å². The SMILES string of the molecule is Cc1cc(OCC(=O)NC2CCC(C(C)(C)C)CC2)cc(C)c1Cl. The lowest BCUT2D eigenvalue weighted by atomic mass is 9.71. The molecule has 0 atom stereocenters. The van der Waals surface area contributed by atoms with Crippen LogP contribution in [0, 0.1) is 25.2 Å². The Balaban J connectivity index is 1.78. The normalized spacial score (nSPS) is 21.4. The first kappa shape index (κ1) is 19.1. The summed E-state index contributed by atoms with van der Waals surface area (Å²) >= 11 is 6.15. The van der Waals surface area contributed by atoms with Crippen molar-refractivity contribution in [2.45, 2.75) is 66.3 Å². The van der Waals surface area contributed by atoms with E-state index in [1.807, 2.05) is 26.0 Å². The predicted molar refractivity (Wildman–Crippen MR) is 99.8 cm³/mol. The number of carbonyl (C=O) groups is 1. The summed E-state index contributed by atoms with van der Waals surface area (Å²) in [5, 5.41) is 3.86. The fourth-order valence-corrected chi connectivity index (χ4v) is 3.62. The molecule has 24 heavy (non-hydrogen) atoms. The zero-order chi connectivity index (χ0) is 17.9. The first-order chi connectivity index (χ1) is 11.2. The van der Waals surface area contributed by atoms with Crippen LogP contribution in [0.2, 0.25) is 5.02 Å². The maximum atomic E-state index is 12.1. The van der Waals surface area contributed by atoms with E-state index in [4.69, 9.17) is 16.3 Å². The first-order valence-corrected chi connectivity index (χ1v) is 9.23. The second-order valence-corrected chi connectivity index (χ2v) is 8.52. The van der Waals surface area contributed by atoms with Gasteiger partial charge >= 0.3 is 0 Å². The molecule has 4 heteroatoms. The van der Waals surface area contributed by atoms with Crippen LogP contribution in [-0.2, 0) is 4.79 Å². The van der Waals surface area contributed by atoms with Crippen LogP contribution >= 0.6 is 11.6 Å². The summed E-state index contributed by atoms with van der Waals surface area (Å²) in [5.41, 5.74) is 2.29. The van der Waals surface area contributed by atoms with Crippen LogP contribution in [0.25, 0.3) is 0 Å². The lowest BCUT2D eigenvalue weighted by Gasteiger charge is -2.37. The summed E-state index contributed by atoms with van der Waals surface area (Å²) in [4.78, 5) is 12.1. The van der Waals surface area contributed by atoms with Crippen molar-refractivity contribution in [1.82, 2.24) is 5.32 Å². The molecule has 0 spiro atoms. The van der Waals surface area contributed by atoms with Crippen molar-refractivity contribution in [3.63, 3.8) is 0 Å². The quantitative estimate of drug-likeness (QED) is 0.823. The number of halogens is 1. The van der Waals surface area contributed by atoms with Crippen LogP contribution in [0.15, 0.2) is 12.1 Å². The highest BCUT2D eigenvalue weighted by atomic mass is 35.5. The number of ether oxygens (including phenoxy) is 1. The number of benzene rings is 1. The minimum atomic E-state index is -0.0422. The van der Waals surface area contributed by atoms with Crippen LogP contribution in [0.5, 0.6) is 5.75 Å². The number of rotatable bonds is 4. The molecule has 1 aliphatic rings. The Kier molecular flexibility index (Phi) is 6.19. The third kappa shape index (κ3) is 5.14. The molecule has 1 aromatic rings. The highest BCUT2D eigenvalue weighted by Crippen LogP contribution is 2.37. The van der Waals surface area contributed by atoms with Crippen molar-refractivity contribution in [2.75, 3.05) is 6.61 Å². The third-order valence-corrected chi connectivity index (χ3v) is 5.69. The van der Waals surface area contributed by atoms with E-state index in [0.717, 1.165) is 34.9 Å². The first-order valence-electron chi connectivity index (χ1n) is 8.85. The van der Waals surface area contributed by atoms with Gasteiger partial charge in [0.1, 0.15) is 5.75 Å². The van der Waals surface area contributed by atoms with Gasteiger partial charge in [0.15, 0.2) is 6.61 Å². The molecule has 0 unspecified atom stereocenters. The van der Waals surface area contributed by atoms with Crippen molar-refractivity contribution < 1.29 is 9.53 Å². The molecule has 3 nitrogen and oxygen atoms in total. The van der Waals surface area contributed by atoms with E-state index in [1.165, 1.54) is 12.8 Å². The summed E-state index contributed by atoms with van der Waals surface area (Å²) in [7, 11) is 0. The number of hydrogen-bond donors (Lipinski definition) is 1. The summed E-state index contributed by atoms with van der Waals surface area (Å²) in [6, 6.07) is 4.03. The fraction of sp³-hybridized carbons (Fsp3) is 0.650. The zero-order valence-corrected chi connectivity index (χ0v) is 16.3. The van der Waals surface area contributed by atoms with E-state index in [0.29, 0.717) is 11.2 Å². The molecule has 2 rings (SSSR count). The lowest BCUT2D eigenvalue weighted by Crippen LogP contribution is -2.41. The van der Waals surface area contributed by atoms with E-state index >= 15 is 0 Å². The van der Waals surface area contributed by atoms with Crippen molar-refractivity contribution in [3.8, 4) is 5.75 Å². The molecule has 1 saturated carbocycles. The van der Waals surface area contributed by atoms with Crippen LogP contribution in [0.4, 0.5) is 0 Å². The molecular formula is C20H30ClNO2. The van der Waals surface area contributed by atoms with Gasteiger partial charge in [-0.1, -0.05) is 32.4 Å². The second kappa shape index (κ2) is 7.77. The van der Waals surface area contributed by atoms with Gasteiger partial charge < -0.3 is 10.1 Å². The standard InChI is InChI=1S/C20H30ClNO2/c1-13-10-17(11-14(2)19(13)21)24-12-18(23)22-16-8-6-15(7-9-16)20(3,4)5/h10-11,15-16H,6-9,12H2,1-5H3,(H,22,23). The maximum Gasteiger partial charge on any atom is 0.258 e. The molecule has 0 saturated heterocycles. The highest BCUT2D eigenvalue weighted by molar-refractivity contribution is 6.32. The van der Waals surface area contributed by atoms with Crippen molar-refractivity contribution in [1.29, 1.82) is 0 Å². The second-order valence-electron chi connectivity index (χ2n) is 8.14. The van der Waals surface area contributed by atoms with E-state index < -0.39 is 0 Å². The zero-order valence-electron chi connectivity index (χ0n) is 15.5.